The molecule has 0 radical (unpaired) electrons. The molecule has 1 aromatic rings. The van der Waals surface area contributed by atoms with Gasteiger partial charge < -0.3 is 13.9 Å². The highest BCUT2D eigenvalue weighted by Crippen LogP contribution is 2.26. The summed E-state index contributed by atoms with van der Waals surface area (Å²) in [6, 6.07) is 0. The fraction of sp³-hybridized carbons (Fsp3) is 0.667. The van der Waals surface area contributed by atoms with Crippen LogP contribution in [0, 0.1) is 0 Å². The number of hydrogen-bond donors (Lipinski definition) is 0. The molecular weight excluding hydrogens is 222 g/mol. The van der Waals surface area contributed by atoms with E-state index in [0.717, 1.165) is 0 Å². The van der Waals surface area contributed by atoms with E-state index in [1.165, 1.54) is 7.11 Å². The summed E-state index contributed by atoms with van der Waals surface area (Å²) in [5, 5.41) is 0. The van der Waals surface area contributed by atoms with Crippen LogP contribution in [0.15, 0.2) is 4.42 Å². The molecule has 0 unspecified atom stereocenters. The van der Waals surface area contributed by atoms with Crippen molar-refractivity contribution >= 4 is 5.97 Å². The van der Waals surface area contributed by atoms with E-state index in [1.54, 1.807) is 7.11 Å². The minimum Gasteiger partial charge on any atom is -0.463 e. The van der Waals surface area contributed by atoms with Crippen LogP contribution in [0.4, 0.5) is 0 Å². The van der Waals surface area contributed by atoms with Crippen molar-refractivity contribution in [2.24, 2.45) is 0 Å². The summed E-state index contributed by atoms with van der Waals surface area (Å²) in [6.07, 6.45) is 0.538. The van der Waals surface area contributed by atoms with Crippen molar-refractivity contribution in [3.05, 3.63) is 17.3 Å². The normalized spacial score (nSPS) is 11.6. The summed E-state index contributed by atoms with van der Waals surface area (Å²) in [4.78, 5) is 15.9. The molecule has 0 aromatic carbocycles. The van der Waals surface area contributed by atoms with Crippen molar-refractivity contribution < 1.29 is 18.7 Å². The van der Waals surface area contributed by atoms with Crippen LogP contribution in [0.2, 0.25) is 0 Å². The highest BCUT2D eigenvalue weighted by molar-refractivity contribution is 5.87. The third-order valence-corrected chi connectivity index (χ3v) is 2.27. The minimum atomic E-state index is -0.494. The Bertz CT molecular complexity index is 390. The van der Waals surface area contributed by atoms with Gasteiger partial charge in [0, 0.05) is 18.9 Å². The number of rotatable bonds is 4. The lowest BCUT2D eigenvalue weighted by Crippen LogP contribution is -2.17. The first-order chi connectivity index (χ1) is 7.90. The highest BCUT2D eigenvalue weighted by atomic mass is 16.5. The number of hydrogen-bond acceptors (Lipinski definition) is 5. The zero-order chi connectivity index (χ0) is 13.1. The van der Waals surface area contributed by atoms with Crippen molar-refractivity contribution in [2.45, 2.75) is 32.6 Å². The number of nitrogens with zero attached hydrogens (tertiary/aromatic N) is 1. The van der Waals surface area contributed by atoms with Gasteiger partial charge in [0.2, 0.25) is 5.76 Å². The van der Waals surface area contributed by atoms with Gasteiger partial charge in [0.1, 0.15) is 0 Å². The zero-order valence-corrected chi connectivity index (χ0v) is 11.0. The van der Waals surface area contributed by atoms with Gasteiger partial charge >= 0.3 is 5.97 Å². The number of methoxy groups -OCH3 is 2. The number of esters is 1. The zero-order valence-electron chi connectivity index (χ0n) is 11.0. The van der Waals surface area contributed by atoms with Crippen LogP contribution < -0.4 is 0 Å². The molecular formula is C12H19NO4. The van der Waals surface area contributed by atoms with E-state index >= 15 is 0 Å². The molecule has 0 aliphatic carbocycles. The fourth-order valence-corrected chi connectivity index (χ4v) is 1.40. The van der Waals surface area contributed by atoms with Crippen LogP contribution in [-0.2, 0) is 21.3 Å². The van der Waals surface area contributed by atoms with Crippen molar-refractivity contribution in [3.63, 3.8) is 0 Å². The van der Waals surface area contributed by atoms with Crippen LogP contribution >= 0.6 is 0 Å². The Hall–Kier alpha value is -1.36. The molecule has 0 aliphatic rings. The molecule has 17 heavy (non-hydrogen) atoms. The maximum Gasteiger partial charge on any atom is 0.376 e. The lowest BCUT2D eigenvalue weighted by Gasteiger charge is -2.15. The van der Waals surface area contributed by atoms with Crippen LogP contribution in [-0.4, -0.2) is 31.8 Å². The van der Waals surface area contributed by atoms with Gasteiger partial charge in [-0.05, 0) is 0 Å². The molecule has 5 nitrogen and oxygen atoms in total. The van der Waals surface area contributed by atoms with E-state index < -0.39 is 5.97 Å². The van der Waals surface area contributed by atoms with Gasteiger partial charge in [0.15, 0.2) is 5.89 Å². The molecule has 5 heteroatoms. The van der Waals surface area contributed by atoms with E-state index in [0.29, 0.717) is 24.6 Å². The van der Waals surface area contributed by atoms with E-state index in [4.69, 9.17) is 9.15 Å². The average Bonchev–Trinajstić information content (AvgIpc) is 2.69. The van der Waals surface area contributed by atoms with Gasteiger partial charge in [-0.1, -0.05) is 20.8 Å². The van der Waals surface area contributed by atoms with Crippen molar-refractivity contribution in [2.75, 3.05) is 20.8 Å². The summed E-state index contributed by atoms with van der Waals surface area (Å²) in [5.41, 5.74) is 0.355. The molecule has 0 N–H and O–H groups in total. The predicted molar refractivity (Wildman–Crippen MR) is 62.1 cm³/mol. The monoisotopic (exact) mass is 241 g/mol. The topological polar surface area (TPSA) is 61.6 Å². The van der Waals surface area contributed by atoms with E-state index in [9.17, 15) is 4.79 Å². The minimum absolute atomic E-state index is 0.186. The van der Waals surface area contributed by atoms with Gasteiger partial charge in [-0.3, -0.25) is 0 Å². The number of carbonyl (C=O) groups excluding carboxylic acids is 1. The molecule has 0 saturated heterocycles. The summed E-state index contributed by atoms with van der Waals surface area (Å²) in [5.74, 6) is 0.189. The van der Waals surface area contributed by atoms with E-state index in [2.05, 4.69) is 9.72 Å². The standard InChI is InChI=1S/C12H19NO4/c1-12(2,3)10-9(11(14)16-5)17-8(13-10)6-7-15-4/h6-7H2,1-5H3. The Labute approximate surface area is 101 Å². The van der Waals surface area contributed by atoms with Gasteiger partial charge in [-0.25, -0.2) is 9.78 Å². The fourth-order valence-electron chi connectivity index (χ4n) is 1.40. The molecule has 0 atom stereocenters. The number of carbonyl (C=O) groups is 1. The number of aromatic nitrogens is 1. The average molecular weight is 241 g/mol. The molecule has 96 valence electrons. The van der Waals surface area contributed by atoms with Crippen molar-refractivity contribution in [3.8, 4) is 0 Å². The molecule has 0 spiro atoms. The largest absolute Gasteiger partial charge is 0.463 e. The first-order valence-corrected chi connectivity index (χ1v) is 5.47. The van der Waals surface area contributed by atoms with Gasteiger partial charge in [0.05, 0.1) is 19.4 Å². The van der Waals surface area contributed by atoms with Crippen molar-refractivity contribution in [1.29, 1.82) is 0 Å². The smallest absolute Gasteiger partial charge is 0.376 e. The van der Waals surface area contributed by atoms with Crippen molar-refractivity contribution in [1.82, 2.24) is 4.98 Å². The quantitative estimate of drug-likeness (QED) is 0.754. The van der Waals surface area contributed by atoms with Crippen LogP contribution in [0.1, 0.15) is 42.9 Å². The second-order valence-corrected chi connectivity index (χ2v) is 4.77. The molecule has 0 saturated carbocycles. The first kappa shape index (κ1) is 13.7. The lowest BCUT2D eigenvalue weighted by atomic mass is 9.91. The first-order valence-electron chi connectivity index (χ1n) is 5.47. The van der Waals surface area contributed by atoms with Gasteiger partial charge in [-0.2, -0.15) is 0 Å². The second-order valence-electron chi connectivity index (χ2n) is 4.77. The molecule has 1 heterocycles. The third-order valence-electron chi connectivity index (χ3n) is 2.27. The summed E-state index contributed by atoms with van der Waals surface area (Å²) in [7, 11) is 2.93. The highest BCUT2D eigenvalue weighted by Gasteiger charge is 2.29. The van der Waals surface area contributed by atoms with Crippen LogP contribution in [0.3, 0.4) is 0 Å². The Kier molecular flexibility index (Phi) is 4.28. The summed E-state index contributed by atoms with van der Waals surface area (Å²) >= 11 is 0. The molecule has 0 fully saturated rings. The Morgan fingerprint density at radius 3 is 2.47 bits per heavy atom. The molecule has 0 aliphatic heterocycles. The maximum atomic E-state index is 11.6. The lowest BCUT2D eigenvalue weighted by molar-refractivity contribution is 0.0558. The van der Waals surface area contributed by atoms with Crippen LogP contribution in [0.5, 0.6) is 0 Å². The molecule has 0 bridgehead atoms. The van der Waals surface area contributed by atoms with Crippen LogP contribution in [0.25, 0.3) is 0 Å². The van der Waals surface area contributed by atoms with Gasteiger partial charge in [0.25, 0.3) is 0 Å². The SMILES string of the molecule is COCCc1nc(C(C)(C)C)c(C(=O)OC)o1. The van der Waals surface area contributed by atoms with E-state index in [-0.39, 0.29) is 11.2 Å². The number of oxazole rings is 1. The molecule has 1 aromatic heterocycles. The summed E-state index contributed by atoms with van der Waals surface area (Å²) < 4.78 is 15.1. The Balaban J connectivity index is 3.08. The summed E-state index contributed by atoms with van der Waals surface area (Å²) in [6.45, 7) is 6.41. The van der Waals surface area contributed by atoms with Gasteiger partial charge in [-0.15, -0.1) is 0 Å². The third kappa shape index (κ3) is 3.30. The van der Waals surface area contributed by atoms with E-state index in [1.807, 2.05) is 20.8 Å². The predicted octanol–water partition coefficient (Wildman–Crippen LogP) is 1.95. The Morgan fingerprint density at radius 2 is 2.00 bits per heavy atom. The second kappa shape index (κ2) is 5.31. The molecule has 1 rings (SSSR count). The Morgan fingerprint density at radius 1 is 1.35 bits per heavy atom. The molecule has 0 amide bonds. The number of ether oxygens (including phenoxy) is 2. The maximum absolute atomic E-state index is 11.6.